The van der Waals surface area contributed by atoms with E-state index in [2.05, 4.69) is 5.32 Å². The fourth-order valence-electron chi connectivity index (χ4n) is 4.31. The summed E-state index contributed by atoms with van der Waals surface area (Å²) in [4.78, 5) is 17.8. The molecule has 0 unspecified atom stereocenters. The number of nitrogens with one attached hydrogen (secondary N) is 1. The minimum Gasteiger partial charge on any atom is -0.597 e. The average Bonchev–Trinajstić information content (AvgIpc) is 3.20. The number of amides is 1. The van der Waals surface area contributed by atoms with Crippen molar-refractivity contribution >= 4 is 17.3 Å². The van der Waals surface area contributed by atoms with E-state index in [1.165, 1.54) is 6.07 Å². The van der Waals surface area contributed by atoms with Crippen LogP contribution in [0.1, 0.15) is 60.4 Å². The molecule has 0 fully saturated rings. The van der Waals surface area contributed by atoms with Gasteiger partial charge >= 0.3 is 0 Å². The molecule has 0 saturated carbocycles. The number of carbonyl (C=O) groups excluding carboxylic acids is 1. The highest BCUT2D eigenvalue weighted by molar-refractivity contribution is 7.90. The lowest BCUT2D eigenvalue weighted by molar-refractivity contribution is 0.0945. The third-order valence-electron chi connectivity index (χ3n) is 5.97. The molecule has 3 aromatic rings. The smallest absolute Gasteiger partial charge is 0.270 e. The number of aromatic nitrogens is 1. The Balaban J connectivity index is 1.74. The van der Waals surface area contributed by atoms with Gasteiger partial charge in [-0.05, 0) is 44.9 Å². The first-order valence-electron chi connectivity index (χ1n) is 11.6. The van der Waals surface area contributed by atoms with E-state index < -0.39 is 22.0 Å². The number of rotatable bonds is 7. The monoisotopic (exact) mass is 495 g/mol. The number of hydrogen-bond donors (Lipinski definition) is 2. The Hall–Kier alpha value is -2.78. The Labute approximate surface area is 208 Å². The zero-order valence-corrected chi connectivity index (χ0v) is 20.9. The number of hydrogen-bond acceptors (Lipinski definition) is 5. The number of benzene rings is 2. The van der Waals surface area contributed by atoms with Gasteiger partial charge in [0.05, 0.1) is 18.3 Å². The van der Waals surface area contributed by atoms with Crippen LogP contribution in [-0.2, 0) is 24.5 Å². The highest BCUT2D eigenvalue weighted by Crippen LogP contribution is 2.44. The molecule has 0 radical (unpaired) electrons. The van der Waals surface area contributed by atoms with Crippen molar-refractivity contribution in [3.63, 3.8) is 0 Å². The van der Waals surface area contributed by atoms with Gasteiger partial charge in [0, 0.05) is 41.2 Å². The average molecular weight is 496 g/mol. The van der Waals surface area contributed by atoms with Gasteiger partial charge in [-0.25, -0.2) is 9.37 Å². The van der Waals surface area contributed by atoms with Gasteiger partial charge in [0.15, 0.2) is 0 Å². The second kappa shape index (κ2) is 10.5. The van der Waals surface area contributed by atoms with Crippen LogP contribution < -0.4 is 5.32 Å². The van der Waals surface area contributed by atoms with Crippen LogP contribution >= 0.6 is 0 Å². The largest absolute Gasteiger partial charge is 0.597 e. The summed E-state index contributed by atoms with van der Waals surface area (Å²) in [5.41, 5.74) is 3.80. The number of aliphatic hydroxyl groups is 1. The molecule has 0 spiro atoms. The third kappa shape index (κ3) is 5.41. The van der Waals surface area contributed by atoms with Gasteiger partial charge in [-0.3, -0.25) is 4.79 Å². The number of pyridine rings is 1. The molecule has 2 heterocycles. The van der Waals surface area contributed by atoms with Gasteiger partial charge in [-0.15, -0.1) is 4.31 Å². The molecule has 184 valence electrons. The molecule has 0 saturated heterocycles. The van der Waals surface area contributed by atoms with E-state index in [1.807, 2.05) is 55.4 Å². The van der Waals surface area contributed by atoms with Crippen LogP contribution in [0.25, 0.3) is 11.3 Å². The first-order valence-corrected chi connectivity index (χ1v) is 12.7. The lowest BCUT2D eigenvalue weighted by Crippen LogP contribution is -2.42. The molecule has 1 amide bonds. The van der Waals surface area contributed by atoms with Crippen LogP contribution in [0, 0.1) is 5.82 Å². The normalized spacial score (nSPS) is 16.7. The molecule has 4 rings (SSSR count). The molecule has 35 heavy (non-hydrogen) atoms. The maximum absolute atomic E-state index is 14.0. The summed E-state index contributed by atoms with van der Waals surface area (Å²) in [6.07, 6.45) is 0.398. The van der Waals surface area contributed by atoms with Gasteiger partial charge in [-0.1, -0.05) is 48.5 Å². The molecular weight excluding hydrogens is 465 g/mol. The van der Waals surface area contributed by atoms with E-state index in [0.717, 1.165) is 16.7 Å². The minimum absolute atomic E-state index is 0.0399. The predicted octanol–water partition coefficient (Wildman–Crippen LogP) is 4.52. The second-order valence-corrected chi connectivity index (χ2v) is 11.7. The van der Waals surface area contributed by atoms with Crippen molar-refractivity contribution < 1.29 is 18.8 Å². The fourth-order valence-corrected chi connectivity index (χ4v) is 5.71. The Bertz CT molecular complexity index is 1200. The predicted molar refractivity (Wildman–Crippen MR) is 135 cm³/mol. The van der Waals surface area contributed by atoms with Gasteiger partial charge in [-0.2, -0.15) is 0 Å². The van der Waals surface area contributed by atoms with Crippen molar-refractivity contribution in [2.75, 3.05) is 6.61 Å². The molecule has 0 aliphatic carbocycles. The number of carbonyl (C=O) groups is 1. The highest BCUT2D eigenvalue weighted by atomic mass is 32.2. The first kappa shape index (κ1) is 25.3. The maximum atomic E-state index is 14.0. The van der Waals surface area contributed by atoms with Gasteiger partial charge < -0.3 is 15.0 Å². The molecule has 1 aliphatic rings. The summed E-state index contributed by atoms with van der Waals surface area (Å²) in [7, 11) is 0. The van der Waals surface area contributed by atoms with Crippen molar-refractivity contribution in [1.82, 2.24) is 14.6 Å². The van der Waals surface area contributed by atoms with E-state index in [4.69, 9.17) is 4.98 Å². The van der Waals surface area contributed by atoms with Crippen molar-refractivity contribution in [1.29, 1.82) is 0 Å². The van der Waals surface area contributed by atoms with Crippen LogP contribution in [-0.4, -0.2) is 36.2 Å². The van der Waals surface area contributed by atoms with E-state index in [-0.39, 0.29) is 30.7 Å². The highest BCUT2D eigenvalue weighted by Gasteiger charge is 2.44. The van der Waals surface area contributed by atoms with E-state index in [9.17, 15) is 18.8 Å². The van der Waals surface area contributed by atoms with Crippen LogP contribution in [0.15, 0.2) is 60.7 Å². The Morgan fingerprint density at radius 3 is 2.54 bits per heavy atom. The summed E-state index contributed by atoms with van der Waals surface area (Å²) in [5, 5.41) is 12.6. The molecule has 2 N–H and O–H groups in total. The summed E-state index contributed by atoms with van der Waals surface area (Å²) >= 11 is -1.33. The third-order valence-corrected chi connectivity index (χ3v) is 7.83. The zero-order valence-electron chi connectivity index (χ0n) is 20.1. The van der Waals surface area contributed by atoms with Crippen molar-refractivity contribution in [2.24, 2.45) is 0 Å². The Morgan fingerprint density at radius 1 is 1.20 bits per heavy atom. The molecule has 8 heteroatoms. The lowest BCUT2D eigenvalue weighted by atomic mass is 9.96. The number of fused-ring (bicyclic) bond motifs is 1. The lowest BCUT2D eigenvalue weighted by Gasteiger charge is -2.33. The van der Waals surface area contributed by atoms with Gasteiger partial charge in [0.1, 0.15) is 16.3 Å². The second-order valence-electron chi connectivity index (χ2n) is 9.53. The van der Waals surface area contributed by atoms with Crippen molar-refractivity contribution in [3.05, 3.63) is 88.9 Å². The topological polar surface area (TPSA) is 88.5 Å². The standard InChI is InChI=1S/C27H30FN3O3S/c1-27(2,3)35(34)31-17-20-15-22(26(33)29-16-19-11-7-8-12-21(19)28)30-25(18-9-5-4-6-10-18)24(20)23(31)13-14-32/h4-12,15,23,32H,13-14,16-17H2,1-3H3,(H,29,33)/t23-,35-/m1/s1. The van der Waals surface area contributed by atoms with Crippen LogP contribution in [0.2, 0.25) is 0 Å². The van der Waals surface area contributed by atoms with Gasteiger partial charge in [0.25, 0.3) is 5.91 Å². The van der Waals surface area contributed by atoms with Crippen molar-refractivity contribution in [3.8, 4) is 11.3 Å². The SMILES string of the molecule is CC(C)(C)[S@@+]([O-])N1Cc2cc(C(=O)NCc3ccccc3F)nc(-c3ccccc3)c2[C@H]1CCO. The van der Waals surface area contributed by atoms with Crippen LogP contribution in [0.3, 0.4) is 0 Å². The maximum Gasteiger partial charge on any atom is 0.270 e. The number of aliphatic hydroxyl groups excluding tert-OH is 1. The Kier molecular flexibility index (Phi) is 7.56. The van der Waals surface area contributed by atoms with Crippen LogP contribution in [0.5, 0.6) is 0 Å². The number of nitrogens with zero attached hydrogens (tertiary/aromatic N) is 2. The molecule has 1 aliphatic heterocycles. The molecule has 6 nitrogen and oxygen atoms in total. The summed E-state index contributed by atoms with van der Waals surface area (Å²) in [5.74, 6) is -0.797. The van der Waals surface area contributed by atoms with Gasteiger partial charge in [0.2, 0.25) is 0 Å². The minimum atomic E-state index is -1.33. The van der Waals surface area contributed by atoms with E-state index in [1.54, 1.807) is 24.3 Å². The van der Waals surface area contributed by atoms with E-state index >= 15 is 0 Å². The van der Waals surface area contributed by atoms with Crippen LogP contribution in [0.4, 0.5) is 4.39 Å². The zero-order chi connectivity index (χ0) is 25.2. The van der Waals surface area contributed by atoms with E-state index in [0.29, 0.717) is 24.2 Å². The summed E-state index contributed by atoms with van der Waals surface area (Å²) in [6.45, 7) is 6.10. The fraction of sp³-hybridized carbons (Fsp3) is 0.333. The molecule has 2 atom stereocenters. The first-order chi connectivity index (χ1) is 16.7. The quantitative estimate of drug-likeness (QED) is 0.471. The molecule has 2 aromatic carbocycles. The Morgan fingerprint density at radius 2 is 1.89 bits per heavy atom. The molecular formula is C27H30FN3O3S. The molecule has 0 bridgehead atoms. The summed E-state index contributed by atoms with van der Waals surface area (Å²) in [6, 6.07) is 17.3. The number of halogens is 1. The van der Waals surface area contributed by atoms with Crippen molar-refractivity contribution in [2.45, 2.75) is 51.1 Å². The summed E-state index contributed by atoms with van der Waals surface area (Å²) < 4.78 is 28.8. The molecule has 1 aromatic heterocycles.